The van der Waals surface area contributed by atoms with Crippen molar-refractivity contribution in [2.75, 3.05) is 26.2 Å². The Morgan fingerprint density at radius 1 is 1.04 bits per heavy atom. The van der Waals surface area contributed by atoms with Crippen LogP contribution >= 0.6 is 0 Å². The molecule has 3 rings (SSSR count). The molecule has 0 aromatic heterocycles. The first kappa shape index (κ1) is 17.2. The molecule has 23 heavy (non-hydrogen) atoms. The normalized spacial score (nSPS) is 30.5. The molecule has 2 heterocycles. The van der Waals surface area contributed by atoms with E-state index in [1.807, 2.05) is 4.90 Å². The summed E-state index contributed by atoms with van der Waals surface area (Å²) < 4.78 is 28.2. The minimum atomic E-state index is -3.36. The fourth-order valence-corrected chi connectivity index (χ4v) is 5.81. The summed E-state index contributed by atoms with van der Waals surface area (Å²) in [5.74, 6) is 0.314. The second kappa shape index (κ2) is 7.49. The van der Waals surface area contributed by atoms with Crippen molar-refractivity contribution in [3.63, 3.8) is 0 Å². The zero-order valence-electron chi connectivity index (χ0n) is 13.8. The van der Waals surface area contributed by atoms with Crippen LogP contribution in [-0.4, -0.2) is 56.7 Å². The molecule has 3 fully saturated rings. The molecule has 6 nitrogen and oxygen atoms in total. The number of hydrogen-bond donors (Lipinski definition) is 2. The van der Waals surface area contributed by atoms with E-state index >= 15 is 0 Å². The molecule has 3 aliphatic rings. The molecule has 0 spiro atoms. The monoisotopic (exact) mass is 343 g/mol. The third-order valence-electron chi connectivity index (χ3n) is 5.46. The molecule has 1 unspecified atom stereocenters. The number of rotatable bonds is 4. The van der Waals surface area contributed by atoms with Crippen LogP contribution in [0.4, 0.5) is 0 Å². The second-order valence-corrected chi connectivity index (χ2v) is 9.23. The maximum atomic E-state index is 12.7. The fraction of sp³-hybridized carbons (Fsp3) is 0.938. The molecule has 2 saturated heterocycles. The predicted molar refractivity (Wildman–Crippen MR) is 89.5 cm³/mol. The number of piperidine rings is 2. The summed E-state index contributed by atoms with van der Waals surface area (Å²) in [6, 6.07) is -0.00494. The van der Waals surface area contributed by atoms with Crippen LogP contribution < -0.4 is 10.0 Å². The molecule has 2 atom stereocenters. The summed E-state index contributed by atoms with van der Waals surface area (Å²) in [6.45, 7) is 2.75. The van der Waals surface area contributed by atoms with E-state index in [1.54, 1.807) is 0 Å². The first-order chi connectivity index (χ1) is 11.1. The average Bonchev–Trinajstić information content (AvgIpc) is 3.09. The summed E-state index contributed by atoms with van der Waals surface area (Å²) in [4.78, 5) is 14.4. The zero-order chi connectivity index (χ0) is 16.3. The highest BCUT2D eigenvalue weighted by atomic mass is 32.2. The third-order valence-corrected chi connectivity index (χ3v) is 7.39. The van der Waals surface area contributed by atoms with Crippen molar-refractivity contribution in [2.45, 2.75) is 62.7 Å². The quantitative estimate of drug-likeness (QED) is 0.793. The number of hydrogen-bond acceptors (Lipinski definition) is 4. The maximum Gasteiger partial charge on any atom is 0.225 e. The van der Waals surface area contributed by atoms with Gasteiger partial charge in [0.05, 0.1) is 5.25 Å². The Morgan fingerprint density at radius 2 is 1.83 bits per heavy atom. The average molecular weight is 343 g/mol. The molecular weight excluding hydrogens is 314 g/mol. The smallest absolute Gasteiger partial charge is 0.225 e. The van der Waals surface area contributed by atoms with Gasteiger partial charge < -0.3 is 10.2 Å². The Bertz CT molecular complexity index is 511. The van der Waals surface area contributed by atoms with Gasteiger partial charge in [-0.1, -0.05) is 12.8 Å². The molecule has 7 heteroatoms. The van der Waals surface area contributed by atoms with Crippen molar-refractivity contribution >= 4 is 15.9 Å². The first-order valence-corrected chi connectivity index (χ1v) is 10.6. The van der Waals surface area contributed by atoms with Gasteiger partial charge in [0.2, 0.25) is 15.9 Å². The number of sulfonamides is 1. The standard InChI is InChI=1S/C16H29N3O3S/c20-16(13-5-1-2-6-13)19-10-4-8-15(12-19)23(21,22)18-14-7-3-9-17-11-14/h13-15,17-18H,1-12H2/t14-,15?/m1/s1. The number of nitrogens with zero attached hydrogens (tertiary/aromatic N) is 1. The summed E-state index contributed by atoms with van der Waals surface area (Å²) >= 11 is 0. The van der Waals surface area contributed by atoms with E-state index in [4.69, 9.17) is 0 Å². The van der Waals surface area contributed by atoms with Crippen LogP contribution in [0.5, 0.6) is 0 Å². The molecule has 0 aromatic carbocycles. The molecule has 0 radical (unpaired) electrons. The maximum absolute atomic E-state index is 12.7. The van der Waals surface area contributed by atoms with Crippen molar-refractivity contribution in [1.29, 1.82) is 0 Å². The van der Waals surface area contributed by atoms with Gasteiger partial charge in [-0.2, -0.15) is 0 Å². The molecule has 132 valence electrons. The van der Waals surface area contributed by atoms with Crippen LogP contribution in [0.25, 0.3) is 0 Å². The lowest BCUT2D eigenvalue weighted by Crippen LogP contribution is -2.53. The number of amides is 1. The van der Waals surface area contributed by atoms with Gasteiger partial charge in [0, 0.05) is 31.6 Å². The Balaban J connectivity index is 1.59. The van der Waals surface area contributed by atoms with E-state index in [0.717, 1.165) is 51.5 Å². The lowest BCUT2D eigenvalue weighted by Gasteiger charge is -2.35. The van der Waals surface area contributed by atoms with Crippen LogP contribution in [0.1, 0.15) is 51.4 Å². The molecular formula is C16H29N3O3S. The Morgan fingerprint density at radius 3 is 2.52 bits per heavy atom. The summed E-state index contributed by atoms with van der Waals surface area (Å²) in [5.41, 5.74) is 0. The van der Waals surface area contributed by atoms with Gasteiger partial charge in [-0.3, -0.25) is 4.79 Å². The molecule has 2 N–H and O–H groups in total. The van der Waals surface area contributed by atoms with Crippen molar-refractivity contribution in [3.8, 4) is 0 Å². The van der Waals surface area contributed by atoms with Crippen LogP contribution in [-0.2, 0) is 14.8 Å². The van der Waals surface area contributed by atoms with E-state index in [1.165, 1.54) is 0 Å². The van der Waals surface area contributed by atoms with Gasteiger partial charge in [-0.15, -0.1) is 0 Å². The fourth-order valence-electron chi connectivity index (χ4n) is 4.10. The van der Waals surface area contributed by atoms with E-state index in [-0.39, 0.29) is 17.9 Å². The summed E-state index contributed by atoms with van der Waals surface area (Å²) in [5, 5.41) is 2.78. The Labute approximate surface area is 139 Å². The molecule has 1 saturated carbocycles. The lowest BCUT2D eigenvalue weighted by molar-refractivity contribution is -0.136. The van der Waals surface area contributed by atoms with Crippen molar-refractivity contribution < 1.29 is 13.2 Å². The van der Waals surface area contributed by atoms with Gasteiger partial charge >= 0.3 is 0 Å². The summed E-state index contributed by atoms with van der Waals surface area (Å²) in [7, 11) is -3.36. The highest BCUT2D eigenvalue weighted by molar-refractivity contribution is 7.90. The minimum Gasteiger partial charge on any atom is -0.341 e. The van der Waals surface area contributed by atoms with E-state index in [0.29, 0.717) is 26.1 Å². The Hall–Kier alpha value is -0.660. The van der Waals surface area contributed by atoms with Crippen LogP contribution in [0.3, 0.4) is 0 Å². The molecule has 0 aromatic rings. The number of nitrogens with one attached hydrogen (secondary N) is 2. The third kappa shape index (κ3) is 4.25. The molecule has 1 aliphatic carbocycles. The SMILES string of the molecule is O=C(C1CCCC1)N1CCCC(S(=O)(=O)N[C@@H]2CCCNC2)C1. The second-order valence-electron chi connectivity index (χ2n) is 7.24. The minimum absolute atomic E-state index is 0.00494. The first-order valence-electron chi connectivity index (χ1n) is 9.07. The van der Waals surface area contributed by atoms with E-state index < -0.39 is 15.3 Å². The summed E-state index contributed by atoms with van der Waals surface area (Å²) in [6.07, 6.45) is 7.53. The van der Waals surface area contributed by atoms with E-state index in [2.05, 4.69) is 10.0 Å². The van der Waals surface area contributed by atoms with Crippen molar-refractivity contribution in [2.24, 2.45) is 5.92 Å². The van der Waals surface area contributed by atoms with Gasteiger partial charge in [0.15, 0.2) is 0 Å². The van der Waals surface area contributed by atoms with Crippen molar-refractivity contribution in [1.82, 2.24) is 14.9 Å². The zero-order valence-corrected chi connectivity index (χ0v) is 14.6. The number of likely N-dealkylation sites (tertiary alicyclic amines) is 1. The van der Waals surface area contributed by atoms with Gasteiger partial charge in [-0.05, 0) is 45.1 Å². The van der Waals surface area contributed by atoms with E-state index in [9.17, 15) is 13.2 Å². The lowest BCUT2D eigenvalue weighted by atomic mass is 10.0. The highest BCUT2D eigenvalue weighted by Crippen LogP contribution is 2.28. The van der Waals surface area contributed by atoms with Gasteiger partial charge in [0.1, 0.15) is 0 Å². The van der Waals surface area contributed by atoms with Gasteiger partial charge in [0.25, 0.3) is 0 Å². The van der Waals surface area contributed by atoms with Crippen LogP contribution in [0.2, 0.25) is 0 Å². The molecule has 1 amide bonds. The van der Waals surface area contributed by atoms with Gasteiger partial charge in [-0.25, -0.2) is 13.1 Å². The Kier molecular flexibility index (Phi) is 5.59. The van der Waals surface area contributed by atoms with Crippen LogP contribution in [0, 0.1) is 5.92 Å². The largest absolute Gasteiger partial charge is 0.341 e. The topological polar surface area (TPSA) is 78.5 Å². The molecule has 2 aliphatic heterocycles. The van der Waals surface area contributed by atoms with Crippen LogP contribution in [0.15, 0.2) is 0 Å². The molecule has 0 bridgehead atoms. The number of carbonyl (C=O) groups excluding carboxylic acids is 1. The highest BCUT2D eigenvalue weighted by Gasteiger charge is 2.36. The predicted octanol–water partition coefficient (Wildman–Crippen LogP) is 0.839. The number of carbonyl (C=O) groups is 1. The van der Waals surface area contributed by atoms with Crippen molar-refractivity contribution in [3.05, 3.63) is 0 Å².